The van der Waals surface area contributed by atoms with Crippen LogP contribution in [0, 0.1) is 0 Å². The molecule has 0 aliphatic carbocycles. The maximum atomic E-state index is 14.3. The molecule has 2 heterocycles. The van der Waals surface area contributed by atoms with Crippen LogP contribution in [0.3, 0.4) is 0 Å². The van der Waals surface area contributed by atoms with Crippen molar-refractivity contribution in [2.24, 2.45) is 0 Å². The highest BCUT2D eigenvalue weighted by Gasteiger charge is 2.20. The minimum absolute atomic E-state index is 0.370. The molecular weight excluding hydrogens is 217 g/mol. The van der Waals surface area contributed by atoms with Gasteiger partial charge in [0, 0.05) is 24.2 Å². The number of nitrogens with one attached hydrogen (secondary N) is 1. The van der Waals surface area contributed by atoms with Crippen molar-refractivity contribution >= 4 is 5.69 Å². The second-order valence-electron chi connectivity index (χ2n) is 4.36. The summed E-state index contributed by atoms with van der Waals surface area (Å²) in [6.07, 6.45) is 3.56. The Morgan fingerprint density at radius 3 is 3.12 bits per heavy atom. The molecule has 0 bridgehead atoms. The Hall–Kier alpha value is -1.77. The number of benzene rings is 1. The lowest BCUT2D eigenvalue weighted by atomic mass is 10.00. The van der Waals surface area contributed by atoms with Crippen LogP contribution in [-0.2, 0) is 12.8 Å². The third-order valence-corrected chi connectivity index (χ3v) is 3.21. The van der Waals surface area contributed by atoms with E-state index in [2.05, 4.69) is 11.4 Å². The Morgan fingerprint density at radius 2 is 2.29 bits per heavy atom. The lowest BCUT2D eigenvalue weighted by Gasteiger charge is -2.12. The van der Waals surface area contributed by atoms with Gasteiger partial charge in [0.25, 0.3) is 0 Å². The highest BCUT2D eigenvalue weighted by atomic mass is 19.1. The molecule has 1 aromatic carbocycles. The minimum atomic E-state index is -0.979. The molecule has 0 fully saturated rings. The van der Waals surface area contributed by atoms with Gasteiger partial charge in [-0.25, -0.2) is 4.39 Å². The van der Waals surface area contributed by atoms with Gasteiger partial charge in [-0.15, -0.1) is 0 Å². The predicted molar refractivity (Wildman–Crippen MR) is 64.9 cm³/mol. The molecule has 3 heteroatoms. The van der Waals surface area contributed by atoms with Crippen LogP contribution in [0.25, 0.3) is 0 Å². The summed E-state index contributed by atoms with van der Waals surface area (Å²) in [5.74, 6) is 0. The van der Waals surface area contributed by atoms with Gasteiger partial charge in [-0.05, 0) is 23.6 Å². The molecule has 1 atom stereocenters. The first-order valence-corrected chi connectivity index (χ1v) is 5.85. The van der Waals surface area contributed by atoms with Crippen molar-refractivity contribution in [3.63, 3.8) is 0 Å². The minimum Gasteiger partial charge on any atom is -0.472 e. The lowest BCUT2D eigenvalue weighted by molar-refractivity contribution is 0.342. The van der Waals surface area contributed by atoms with E-state index >= 15 is 0 Å². The van der Waals surface area contributed by atoms with Gasteiger partial charge in [-0.3, -0.25) is 0 Å². The standard InChI is InChI=1S/C14H14FNO/c15-13(8-10-5-7-17-9-10)12-3-1-2-11-4-6-16-14(11)12/h1-3,5,7,9,13,16H,4,6,8H2. The Balaban J connectivity index is 1.86. The summed E-state index contributed by atoms with van der Waals surface area (Å²) in [7, 11) is 0. The van der Waals surface area contributed by atoms with E-state index in [1.165, 1.54) is 5.56 Å². The van der Waals surface area contributed by atoms with E-state index in [0.717, 1.165) is 29.8 Å². The van der Waals surface area contributed by atoms with Crippen LogP contribution in [-0.4, -0.2) is 6.54 Å². The van der Waals surface area contributed by atoms with Crippen molar-refractivity contribution in [1.82, 2.24) is 0 Å². The molecule has 88 valence electrons. The molecule has 1 aliphatic heterocycles. The van der Waals surface area contributed by atoms with Crippen molar-refractivity contribution in [3.05, 3.63) is 53.5 Å². The molecule has 0 spiro atoms. The Bertz CT molecular complexity index is 507. The summed E-state index contributed by atoms with van der Waals surface area (Å²) >= 11 is 0. The van der Waals surface area contributed by atoms with Gasteiger partial charge in [0.05, 0.1) is 12.5 Å². The average molecular weight is 231 g/mol. The number of anilines is 1. The van der Waals surface area contributed by atoms with Crippen molar-refractivity contribution in [2.45, 2.75) is 19.0 Å². The fourth-order valence-electron chi connectivity index (χ4n) is 2.35. The fourth-order valence-corrected chi connectivity index (χ4v) is 2.35. The maximum absolute atomic E-state index is 14.3. The van der Waals surface area contributed by atoms with Gasteiger partial charge in [-0.2, -0.15) is 0 Å². The summed E-state index contributed by atoms with van der Waals surface area (Å²) in [5.41, 5.74) is 3.87. The molecule has 0 saturated heterocycles. The van der Waals surface area contributed by atoms with Crippen LogP contribution >= 0.6 is 0 Å². The smallest absolute Gasteiger partial charge is 0.131 e. The van der Waals surface area contributed by atoms with Crippen LogP contribution < -0.4 is 5.32 Å². The largest absolute Gasteiger partial charge is 0.472 e. The number of rotatable bonds is 3. The van der Waals surface area contributed by atoms with Crippen molar-refractivity contribution in [3.8, 4) is 0 Å². The molecule has 2 aromatic rings. The maximum Gasteiger partial charge on any atom is 0.131 e. The highest BCUT2D eigenvalue weighted by Crippen LogP contribution is 2.34. The summed E-state index contributed by atoms with van der Waals surface area (Å²) < 4.78 is 19.2. The van der Waals surface area contributed by atoms with Crippen LogP contribution in [0.4, 0.5) is 10.1 Å². The van der Waals surface area contributed by atoms with Crippen LogP contribution in [0.15, 0.2) is 41.2 Å². The number of hydrogen-bond acceptors (Lipinski definition) is 2. The third-order valence-electron chi connectivity index (χ3n) is 3.21. The molecule has 0 saturated carbocycles. The van der Waals surface area contributed by atoms with Gasteiger partial charge in [0.1, 0.15) is 6.17 Å². The Kier molecular flexibility index (Phi) is 2.59. The van der Waals surface area contributed by atoms with E-state index in [-0.39, 0.29) is 0 Å². The van der Waals surface area contributed by atoms with E-state index in [0.29, 0.717) is 6.42 Å². The zero-order valence-electron chi connectivity index (χ0n) is 9.45. The molecule has 2 nitrogen and oxygen atoms in total. The SMILES string of the molecule is FC(Cc1ccoc1)c1cccc2c1NCC2. The van der Waals surface area contributed by atoms with Gasteiger partial charge in [-0.1, -0.05) is 18.2 Å². The topological polar surface area (TPSA) is 25.2 Å². The van der Waals surface area contributed by atoms with Crippen LogP contribution in [0.5, 0.6) is 0 Å². The van der Waals surface area contributed by atoms with Gasteiger partial charge in [0.15, 0.2) is 0 Å². The quantitative estimate of drug-likeness (QED) is 0.874. The summed E-state index contributed by atoms with van der Waals surface area (Å²) in [6, 6.07) is 7.66. The number of hydrogen-bond donors (Lipinski definition) is 1. The number of furan rings is 1. The number of fused-ring (bicyclic) bond motifs is 1. The molecule has 17 heavy (non-hydrogen) atoms. The zero-order chi connectivity index (χ0) is 11.7. The number of alkyl halides is 1. The van der Waals surface area contributed by atoms with Crippen molar-refractivity contribution in [1.29, 1.82) is 0 Å². The Morgan fingerprint density at radius 1 is 1.35 bits per heavy atom. The van der Waals surface area contributed by atoms with E-state index in [1.807, 2.05) is 18.2 Å². The second kappa shape index (κ2) is 4.24. The van der Waals surface area contributed by atoms with Crippen LogP contribution in [0.1, 0.15) is 22.9 Å². The van der Waals surface area contributed by atoms with Gasteiger partial charge in [0.2, 0.25) is 0 Å². The first-order valence-electron chi connectivity index (χ1n) is 5.85. The Labute approximate surface area is 99.5 Å². The van der Waals surface area contributed by atoms with E-state index in [9.17, 15) is 4.39 Å². The lowest BCUT2D eigenvalue weighted by Crippen LogP contribution is -2.01. The molecule has 1 unspecified atom stereocenters. The van der Waals surface area contributed by atoms with Gasteiger partial charge < -0.3 is 9.73 Å². The first-order chi connectivity index (χ1) is 8.34. The van der Waals surface area contributed by atoms with E-state index < -0.39 is 6.17 Å². The van der Waals surface area contributed by atoms with Crippen molar-refractivity contribution in [2.75, 3.05) is 11.9 Å². The number of halogens is 1. The zero-order valence-corrected chi connectivity index (χ0v) is 9.45. The second-order valence-corrected chi connectivity index (χ2v) is 4.36. The molecule has 0 radical (unpaired) electrons. The number of para-hydroxylation sites is 1. The fraction of sp³-hybridized carbons (Fsp3) is 0.286. The molecule has 3 rings (SSSR count). The van der Waals surface area contributed by atoms with Gasteiger partial charge >= 0.3 is 0 Å². The molecular formula is C14H14FNO. The molecule has 1 aliphatic rings. The summed E-state index contributed by atoms with van der Waals surface area (Å²) in [6.45, 7) is 0.908. The summed E-state index contributed by atoms with van der Waals surface area (Å²) in [5, 5.41) is 3.27. The van der Waals surface area contributed by atoms with E-state index in [1.54, 1.807) is 12.5 Å². The summed E-state index contributed by atoms with van der Waals surface area (Å²) in [4.78, 5) is 0. The predicted octanol–water partition coefficient (Wildman–Crippen LogP) is 3.50. The highest BCUT2D eigenvalue weighted by molar-refractivity contribution is 5.62. The normalized spacial score (nSPS) is 15.4. The molecule has 0 amide bonds. The molecule has 1 aromatic heterocycles. The first kappa shape index (κ1) is 10.4. The van der Waals surface area contributed by atoms with Crippen LogP contribution in [0.2, 0.25) is 0 Å². The average Bonchev–Trinajstić information content (AvgIpc) is 2.97. The monoisotopic (exact) mass is 231 g/mol. The third kappa shape index (κ3) is 1.93. The molecule has 1 N–H and O–H groups in total. The van der Waals surface area contributed by atoms with Crippen molar-refractivity contribution < 1.29 is 8.81 Å². The van der Waals surface area contributed by atoms with E-state index in [4.69, 9.17) is 4.42 Å².